The van der Waals surface area contributed by atoms with Crippen LogP contribution in [0.3, 0.4) is 0 Å². The van der Waals surface area contributed by atoms with E-state index in [1.54, 1.807) is 0 Å². The summed E-state index contributed by atoms with van der Waals surface area (Å²) < 4.78 is 84.6. The SMILES string of the molecule is FC1=C(F)[C-](F)C(F)(F)C(F)=C1F.OB(O)O.[K+]. The molecule has 0 bridgehead atoms. The summed E-state index contributed by atoms with van der Waals surface area (Å²) >= 11 is 0. The fourth-order valence-electron chi connectivity index (χ4n) is 0.661. The summed E-state index contributed by atoms with van der Waals surface area (Å²) in [5.41, 5.74) is 0. The van der Waals surface area contributed by atoms with Crippen molar-refractivity contribution in [2.24, 2.45) is 0 Å². The van der Waals surface area contributed by atoms with Gasteiger partial charge >= 0.3 is 58.7 Å². The third-order valence-electron chi connectivity index (χ3n) is 1.32. The second kappa shape index (κ2) is 7.89. The number of allylic oxidation sites excluding steroid dienone is 4. The molecule has 0 amide bonds. The third-order valence-corrected chi connectivity index (χ3v) is 1.32. The van der Waals surface area contributed by atoms with Gasteiger partial charge in [-0.05, 0) is 0 Å². The summed E-state index contributed by atoms with van der Waals surface area (Å²) in [6.07, 6.45) is -2.97. The zero-order chi connectivity index (χ0) is 14.0. The van der Waals surface area contributed by atoms with Gasteiger partial charge in [0.15, 0.2) is 5.83 Å². The van der Waals surface area contributed by atoms with E-state index in [4.69, 9.17) is 15.1 Å². The van der Waals surface area contributed by atoms with Crippen LogP contribution in [0.15, 0.2) is 23.3 Å². The molecule has 0 saturated carbocycles. The van der Waals surface area contributed by atoms with Crippen molar-refractivity contribution in [3.05, 3.63) is 29.5 Å². The van der Waals surface area contributed by atoms with Gasteiger partial charge in [0.1, 0.15) is 5.83 Å². The van der Waals surface area contributed by atoms with E-state index in [1.807, 2.05) is 0 Å². The molecule has 12 heteroatoms. The maximum atomic E-state index is 12.1. The van der Waals surface area contributed by atoms with Crippen LogP contribution < -0.4 is 51.4 Å². The second-order valence-electron chi connectivity index (χ2n) is 2.49. The first kappa shape index (κ1) is 20.8. The van der Waals surface area contributed by atoms with Crippen LogP contribution in [-0.2, 0) is 0 Å². The van der Waals surface area contributed by atoms with Crippen LogP contribution in [0.4, 0.5) is 30.7 Å². The van der Waals surface area contributed by atoms with E-state index in [0.717, 1.165) is 0 Å². The van der Waals surface area contributed by atoms with Gasteiger partial charge in [0.25, 0.3) is 5.92 Å². The van der Waals surface area contributed by atoms with Gasteiger partial charge in [0.2, 0.25) is 0 Å². The largest absolute Gasteiger partial charge is 1.00 e. The zero-order valence-corrected chi connectivity index (χ0v) is 11.7. The molecule has 1 rings (SSSR count). The van der Waals surface area contributed by atoms with Gasteiger partial charge in [-0.1, -0.05) is 0 Å². The van der Waals surface area contributed by atoms with E-state index in [-0.39, 0.29) is 51.4 Å². The predicted octanol–water partition coefficient (Wildman–Crippen LogP) is -1.61. The number of rotatable bonds is 0. The minimum absolute atomic E-state index is 0. The van der Waals surface area contributed by atoms with Gasteiger partial charge in [-0.3, -0.25) is 0 Å². The monoisotopic (exact) mass is 306 g/mol. The summed E-state index contributed by atoms with van der Waals surface area (Å²) in [4.78, 5) is 0. The summed E-state index contributed by atoms with van der Waals surface area (Å²) in [5, 5.41) is 21.5. The predicted molar refractivity (Wildman–Crippen MR) is 40.2 cm³/mol. The van der Waals surface area contributed by atoms with Gasteiger partial charge in [-0.15, -0.1) is 0 Å². The van der Waals surface area contributed by atoms with Crippen molar-refractivity contribution >= 4 is 7.32 Å². The Bertz CT molecular complexity index is 356. The molecule has 18 heavy (non-hydrogen) atoms. The molecular formula is C6H3BF7KO3. The first-order chi connectivity index (χ1) is 7.53. The molecule has 0 aromatic rings. The quantitative estimate of drug-likeness (QED) is 0.287. The van der Waals surface area contributed by atoms with Crippen molar-refractivity contribution in [1.82, 2.24) is 0 Å². The van der Waals surface area contributed by atoms with Crippen molar-refractivity contribution < 1.29 is 97.2 Å². The number of alkyl halides is 2. The van der Waals surface area contributed by atoms with Gasteiger partial charge < -0.3 is 23.9 Å². The smallest absolute Gasteiger partial charge is 0.402 e. The molecule has 3 nitrogen and oxygen atoms in total. The molecule has 0 radical (unpaired) electrons. The van der Waals surface area contributed by atoms with Gasteiger partial charge in [-0.25, -0.2) is 22.0 Å². The topological polar surface area (TPSA) is 60.7 Å². The molecule has 0 heterocycles. The molecular weight excluding hydrogens is 303 g/mol. The fourth-order valence-corrected chi connectivity index (χ4v) is 0.661. The van der Waals surface area contributed by atoms with Crippen LogP contribution in [0.1, 0.15) is 0 Å². The molecule has 0 fully saturated rings. The van der Waals surface area contributed by atoms with Crippen LogP contribution in [0.5, 0.6) is 0 Å². The van der Waals surface area contributed by atoms with E-state index in [2.05, 4.69) is 0 Å². The Morgan fingerprint density at radius 1 is 0.944 bits per heavy atom. The fraction of sp³-hybridized carbons (Fsp3) is 0.167. The van der Waals surface area contributed by atoms with Crippen LogP contribution in [0.25, 0.3) is 0 Å². The van der Waals surface area contributed by atoms with E-state index in [9.17, 15) is 30.7 Å². The number of halogens is 7. The zero-order valence-electron chi connectivity index (χ0n) is 8.56. The molecule has 3 N–H and O–H groups in total. The Hall–Kier alpha value is 0.441. The van der Waals surface area contributed by atoms with Crippen LogP contribution in [-0.4, -0.2) is 28.3 Å². The molecule has 0 atom stereocenters. The summed E-state index contributed by atoms with van der Waals surface area (Å²) in [6, 6.07) is 0. The maximum Gasteiger partial charge on any atom is 1.00 e. The van der Waals surface area contributed by atoms with E-state index >= 15 is 0 Å². The third kappa shape index (κ3) is 4.85. The molecule has 0 spiro atoms. The van der Waals surface area contributed by atoms with E-state index in [0.29, 0.717) is 0 Å². The Morgan fingerprint density at radius 2 is 1.28 bits per heavy atom. The molecule has 0 aliphatic heterocycles. The number of hydrogen-bond donors (Lipinski definition) is 3. The Balaban J connectivity index is 0. The van der Waals surface area contributed by atoms with Crippen molar-refractivity contribution in [1.29, 1.82) is 0 Å². The Kier molecular flexibility index (Phi) is 9.10. The standard InChI is InChI=1S/C6F7.BH3O3.K/c7-1-2(8)4(10)6(12,13)5(11)3(1)9;2-1(3)4;/h;2-4H;/q-1;;+1. The molecule has 1 aliphatic carbocycles. The first-order valence-corrected chi connectivity index (χ1v) is 3.60. The number of hydrogen-bond acceptors (Lipinski definition) is 3. The van der Waals surface area contributed by atoms with Gasteiger partial charge in [0, 0.05) is 11.7 Å². The summed E-state index contributed by atoms with van der Waals surface area (Å²) in [7, 11) is -2.17. The normalized spacial score (nSPS) is 18.0. The minimum atomic E-state index is -5.07. The second-order valence-corrected chi connectivity index (χ2v) is 2.49. The summed E-state index contributed by atoms with van der Waals surface area (Å²) in [5.74, 6) is -16.1. The average Bonchev–Trinajstić information content (AvgIpc) is 2.21. The van der Waals surface area contributed by atoms with Crippen LogP contribution >= 0.6 is 0 Å². The molecule has 0 unspecified atom stereocenters. The van der Waals surface area contributed by atoms with Crippen LogP contribution in [0.2, 0.25) is 0 Å². The Morgan fingerprint density at radius 3 is 1.61 bits per heavy atom. The molecule has 98 valence electrons. The van der Waals surface area contributed by atoms with Crippen molar-refractivity contribution in [3.8, 4) is 0 Å². The maximum absolute atomic E-state index is 12.1. The van der Waals surface area contributed by atoms with Crippen molar-refractivity contribution in [2.45, 2.75) is 5.92 Å². The summed E-state index contributed by atoms with van der Waals surface area (Å²) in [6.45, 7) is 0. The average molecular weight is 306 g/mol. The minimum Gasteiger partial charge on any atom is -0.402 e. The van der Waals surface area contributed by atoms with Crippen LogP contribution in [0, 0.1) is 6.17 Å². The van der Waals surface area contributed by atoms with Crippen molar-refractivity contribution in [3.63, 3.8) is 0 Å². The van der Waals surface area contributed by atoms with E-state index < -0.39 is 42.7 Å². The van der Waals surface area contributed by atoms with Gasteiger partial charge in [-0.2, -0.15) is 0 Å². The molecule has 0 aromatic carbocycles. The van der Waals surface area contributed by atoms with Crippen molar-refractivity contribution in [2.75, 3.05) is 0 Å². The van der Waals surface area contributed by atoms with E-state index in [1.165, 1.54) is 0 Å². The Labute approximate surface area is 139 Å². The first-order valence-electron chi connectivity index (χ1n) is 3.60. The molecule has 0 saturated heterocycles. The molecule has 1 aliphatic rings. The molecule has 0 aromatic heterocycles. The van der Waals surface area contributed by atoms with Gasteiger partial charge in [0.05, 0.1) is 6.17 Å².